The fraction of sp³-hybridized carbons (Fsp3) is 0.371. The number of carbonyl (C=O) groups excluding carboxylic acids is 1. The lowest BCUT2D eigenvalue weighted by Gasteiger charge is -2.40. The summed E-state index contributed by atoms with van der Waals surface area (Å²) in [5.74, 6) is -3.30. The Morgan fingerprint density at radius 1 is 0.959 bits per heavy atom. The van der Waals surface area contributed by atoms with Gasteiger partial charge >= 0.3 is 5.69 Å². The molecule has 2 aromatic heterocycles. The minimum atomic E-state index is -3.91. The zero-order valence-corrected chi connectivity index (χ0v) is 28.3. The number of carbonyl (C=O) groups is 1. The van der Waals surface area contributed by atoms with E-state index in [0.717, 1.165) is 61.0 Å². The van der Waals surface area contributed by atoms with Crippen LogP contribution >= 0.6 is 0 Å². The van der Waals surface area contributed by atoms with Gasteiger partial charge in [0.15, 0.2) is 21.3 Å². The number of fused-ring (bicyclic) bond motifs is 1. The van der Waals surface area contributed by atoms with Crippen LogP contribution in [-0.2, 0) is 14.6 Å². The van der Waals surface area contributed by atoms with Crippen LogP contribution in [-0.4, -0.2) is 90.2 Å². The SMILES string of the molecule is Cc1cccc(S(C)(=O)=O)c1-n1c(=O)nc(N2CCN(C(=O)/C=C/CN3CCCCC3)C[C@@H]2C)c2cc(F)c(-c3c(F)cccc3F)nc21. The molecule has 14 heteroatoms. The normalized spacial score (nSPS) is 17.7. The summed E-state index contributed by atoms with van der Waals surface area (Å²) < 4.78 is 72.5. The first-order valence-corrected chi connectivity index (χ1v) is 18.1. The van der Waals surface area contributed by atoms with E-state index in [1.165, 1.54) is 18.6 Å². The Kier molecular flexibility index (Phi) is 9.63. The molecule has 2 aliphatic heterocycles. The van der Waals surface area contributed by atoms with Crippen molar-refractivity contribution in [1.82, 2.24) is 24.3 Å². The van der Waals surface area contributed by atoms with Crippen molar-refractivity contribution in [1.29, 1.82) is 0 Å². The molecule has 0 radical (unpaired) electrons. The Morgan fingerprint density at radius 2 is 1.65 bits per heavy atom. The van der Waals surface area contributed by atoms with Gasteiger partial charge < -0.3 is 9.80 Å². The molecular formula is C35H37F3N6O4S. The summed E-state index contributed by atoms with van der Waals surface area (Å²) in [4.78, 5) is 41.3. The number of benzene rings is 2. The van der Waals surface area contributed by atoms with E-state index in [4.69, 9.17) is 0 Å². The second kappa shape index (κ2) is 13.7. The third kappa shape index (κ3) is 6.84. The molecule has 2 aliphatic rings. The molecule has 4 heterocycles. The van der Waals surface area contributed by atoms with Crippen LogP contribution in [0.3, 0.4) is 0 Å². The molecular weight excluding hydrogens is 657 g/mol. The monoisotopic (exact) mass is 694 g/mol. The summed E-state index contributed by atoms with van der Waals surface area (Å²) in [6.07, 6.45) is 7.97. The first-order chi connectivity index (χ1) is 23.3. The smallest absolute Gasteiger partial charge is 0.350 e. The Hall–Kier alpha value is -4.56. The molecule has 0 unspecified atom stereocenters. The molecule has 2 fully saturated rings. The van der Waals surface area contributed by atoms with Crippen LogP contribution in [0.1, 0.15) is 31.7 Å². The summed E-state index contributed by atoms with van der Waals surface area (Å²) in [7, 11) is -3.91. The predicted octanol–water partition coefficient (Wildman–Crippen LogP) is 4.66. The number of piperazine rings is 1. The fourth-order valence-electron chi connectivity index (χ4n) is 6.67. The number of para-hydroxylation sites is 1. The molecule has 4 aromatic rings. The molecule has 49 heavy (non-hydrogen) atoms. The van der Waals surface area contributed by atoms with Gasteiger partial charge in [0.1, 0.15) is 23.1 Å². The number of amides is 1. The standard InChI is InChI=1S/C35H37F3N6O4S/c1-22-10-7-13-28(49(3,47)48)32(22)44-34-24(20-27(38)31(39-34)30-25(36)11-8-12-26(30)37)33(40-35(44)46)43-19-18-42(21-23(43)2)29(45)14-9-17-41-15-5-4-6-16-41/h7-14,20,23H,4-6,15-19,21H2,1-3H3/b14-9+/t23-/m0/s1. The van der Waals surface area contributed by atoms with Gasteiger partial charge in [-0.15, -0.1) is 0 Å². The van der Waals surface area contributed by atoms with E-state index in [9.17, 15) is 26.8 Å². The third-order valence-electron chi connectivity index (χ3n) is 9.11. The molecule has 0 N–H and O–H groups in total. The van der Waals surface area contributed by atoms with E-state index in [0.29, 0.717) is 12.1 Å². The number of nitrogens with zero attached hydrogens (tertiary/aromatic N) is 6. The van der Waals surface area contributed by atoms with Crippen LogP contribution in [0.4, 0.5) is 19.0 Å². The van der Waals surface area contributed by atoms with Crippen LogP contribution < -0.4 is 10.6 Å². The third-order valence-corrected chi connectivity index (χ3v) is 10.2. The fourth-order valence-corrected chi connectivity index (χ4v) is 7.59. The molecule has 258 valence electrons. The number of piperidine rings is 1. The van der Waals surface area contributed by atoms with Crippen molar-refractivity contribution in [2.75, 3.05) is 50.4 Å². The summed E-state index contributed by atoms with van der Waals surface area (Å²) >= 11 is 0. The molecule has 0 spiro atoms. The Morgan fingerprint density at radius 3 is 2.33 bits per heavy atom. The number of hydrogen-bond acceptors (Lipinski definition) is 8. The minimum absolute atomic E-state index is 0.0216. The van der Waals surface area contributed by atoms with Crippen LogP contribution in [0.2, 0.25) is 0 Å². The van der Waals surface area contributed by atoms with Crippen LogP contribution in [0.15, 0.2) is 64.3 Å². The second-order valence-electron chi connectivity index (χ2n) is 12.6. The van der Waals surface area contributed by atoms with E-state index in [2.05, 4.69) is 14.9 Å². The first kappa shape index (κ1) is 34.3. The largest absolute Gasteiger partial charge is 0.355 e. The quantitative estimate of drug-likeness (QED) is 0.257. The number of anilines is 1. The van der Waals surface area contributed by atoms with Crippen molar-refractivity contribution in [3.8, 4) is 16.9 Å². The lowest BCUT2D eigenvalue weighted by atomic mass is 10.1. The zero-order chi connectivity index (χ0) is 35.0. The molecule has 0 aliphatic carbocycles. The number of rotatable bonds is 7. The lowest BCUT2D eigenvalue weighted by Crippen LogP contribution is -2.54. The number of likely N-dealkylation sites (tertiary alicyclic amines) is 1. The van der Waals surface area contributed by atoms with Crippen molar-refractivity contribution in [3.63, 3.8) is 0 Å². The lowest BCUT2D eigenvalue weighted by molar-refractivity contribution is -0.126. The maximum Gasteiger partial charge on any atom is 0.355 e. The number of halogens is 3. The summed E-state index contributed by atoms with van der Waals surface area (Å²) in [5, 5.41) is 0.0216. The van der Waals surface area contributed by atoms with E-state index in [1.807, 2.05) is 13.0 Å². The topological polar surface area (TPSA) is 109 Å². The Balaban J connectivity index is 1.45. The molecule has 1 atom stereocenters. The Labute approximate surface area is 282 Å². The van der Waals surface area contributed by atoms with E-state index in [1.54, 1.807) is 28.9 Å². The maximum atomic E-state index is 15.9. The van der Waals surface area contributed by atoms with Crippen molar-refractivity contribution < 1.29 is 26.4 Å². The highest BCUT2D eigenvalue weighted by Gasteiger charge is 2.31. The molecule has 10 nitrogen and oxygen atoms in total. The zero-order valence-electron chi connectivity index (χ0n) is 27.5. The van der Waals surface area contributed by atoms with Gasteiger partial charge in [-0.05, 0) is 69.6 Å². The number of hydrogen-bond donors (Lipinski definition) is 0. The van der Waals surface area contributed by atoms with Gasteiger partial charge in [0, 0.05) is 44.6 Å². The minimum Gasteiger partial charge on any atom is -0.350 e. The predicted molar refractivity (Wildman–Crippen MR) is 181 cm³/mol. The number of aromatic nitrogens is 3. The highest BCUT2D eigenvalue weighted by molar-refractivity contribution is 7.90. The van der Waals surface area contributed by atoms with Gasteiger partial charge in [0.05, 0.1) is 21.5 Å². The second-order valence-corrected chi connectivity index (χ2v) is 14.6. The van der Waals surface area contributed by atoms with Crippen molar-refractivity contribution in [3.05, 3.63) is 88.1 Å². The van der Waals surface area contributed by atoms with Crippen molar-refractivity contribution in [2.24, 2.45) is 0 Å². The number of aryl methyl sites for hydroxylation is 1. The molecule has 0 saturated carbocycles. The van der Waals surface area contributed by atoms with Gasteiger partial charge in [-0.3, -0.25) is 9.69 Å². The van der Waals surface area contributed by atoms with E-state index < -0.39 is 44.2 Å². The summed E-state index contributed by atoms with van der Waals surface area (Å²) in [5.41, 5.74) is -2.27. The maximum absolute atomic E-state index is 15.9. The van der Waals surface area contributed by atoms with Gasteiger partial charge in [-0.1, -0.05) is 30.7 Å². The van der Waals surface area contributed by atoms with Crippen LogP contribution in [0, 0.1) is 24.4 Å². The average Bonchev–Trinajstić information content (AvgIpc) is 3.05. The van der Waals surface area contributed by atoms with Crippen molar-refractivity contribution >= 4 is 32.6 Å². The van der Waals surface area contributed by atoms with E-state index >= 15 is 4.39 Å². The Bertz CT molecular complexity index is 2110. The van der Waals surface area contributed by atoms with Crippen LogP contribution in [0.5, 0.6) is 0 Å². The highest BCUT2D eigenvalue weighted by atomic mass is 32.2. The van der Waals surface area contributed by atoms with Crippen molar-refractivity contribution in [2.45, 2.75) is 44.0 Å². The van der Waals surface area contributed by atoms with Gasteiger partial charge in [-0.2, -0.15) is 4.98 Å². The number of sulfone groups is 1. The average molecular weight is 695 g/mol. The molecule has 6 rings (SSSR count). The molecule has 1 amide bonds. The molecule has 2 saturated heterocycles. The molecule has 0 bridgehead atoms. The van der Waals surface area contributed by atoms with Crippen LogP contribution in [0.25, 0.3) is 28.0 Å². The molecule has 2 aromatic carbocycles. The highest BCUT2D eigenvalue weighted by Crippen LogP contribution is 2.34. The first-order valence-electron chi connectivity index (χ1n) is 16.2. The summed E-state index contributed by atoms with van der Waals surface area (Å²) in [6.45, 7) is 6.97. The van der Waals surface area contributed by atoms with Gasteiger partial charge in [0.2, 0.25) is 5.91 Å². The van der Waals surface area contributed by atoms with Gasteiger partial charge in [-0.25, -0.2) is 35.9 Å². The van der Waals surface area contributed by atoms with Gasteiger partial charge in [0.25, 0.3) is 0 Å². The van der Waals surface area contributed by atoms with E-state index in [-0.39, 0.29) is 59.0 Å². The number of pyridine rings is 1. The summed E-state index contributed by atoms with van der Waals surface area (Å²) in [6, 6.07) is 8.12.